The van der Waals surface area contributed by atoms with Gasteiger partial charge in [-0.15, -0.1) is 0 Å². The van der Waals surface area contributed by atoms with Gasteiger partial charge in [-0.05, 0) is 31.2 Å². The summed E-state index contributed by atoms with van der Waals surface area (Å²) in [6.45, 7) is 1.47. The van der Waals surface area contributed by atoms with E-state index in [0.717, 1.165) is 4.57 Å². The van der Waals surface area contributed by atoms with Crippen LogP contribution in [0.25, 0.3) is 5.69 Å². The molecule has 3 N–H and O–H groups in total. The van der Waals surface area contributed by atoms with E-state index in [9.17, 15) is 24.8 Å². The van der Waals surface area contributed by atoms with Gasteiger partial charge in [-0.1, -0.05) is 18.2 Å². The van der Waals surface area contributed by atoms with Crippen LogP contribution in [0.2, 0.25) is 0 Å². The molecule has 10 heteroatoms. The Morgan fingerprint density at radius 1 is 1.14 bits per heavy atom. The molecule has 0 aliphatic rings. The molecule has 3 aromatic rings. The summed E-state index contributed by atoms with van der Waals surface area (Å²) in [5.41, 5.74) is 1.75. The molecule has 0 unspecified atom stereocenters. The maximum atomic E-state index is 12.2. The quantitative estimate of drug-likeness (QED) is 0.350. The predicted molar refractivity (Wildman–Crippen MR) is 103 cm³/mol. The van der Waals surface area contributed by atoms with Gasteiger partial charge in [0.25, 0.3) is 11.2 Å². The number of aromatic amines is 1. The molecule has 1 aromatic heterocycles. The van der Waals surface area contributed by atoms with Crippen LogP contribution in [0.1, 0.15) is 12.5 Å². The third kappa shape index (κ3) is 3.65. The van der Waals surface area contributed by atoms with Crippen LogP contribution in [-0.2, 0) is 0 Å². The lowest BCUT2D eigenvalue weighted by Gasteiger charge is -2.11. The molecule has 0 saturated heterocycles. The van der Waals surface area contributed by atoms with E-state index in [1.54, 1.807) is 30.3 Å². The molecular weight excluding hydrogens is 366 g/mol. The lowest BCUT2D eigenvalue weighted by atomic mass is 10.2. The number of hydrogen-bond donors (Lipinski definition) is 3. The number of nitro groups is 1. The highest BCUT2D eigenvalue weighted by atomic mass is 16.6. The molecule has 0 bridgehead atoms. The van der Waals surface area contributed by atoms with Crippen molar-refractivity contribution in [3.8, 4) is 11.6 Å². The number of non-ortho nitro benzene ring substituents is 1. The Morgan fingerprint density at radius 2 is 1.79 bits per heavy atom. The van der Waals surface area contributed by atoms with Crippen LogP contribution in [0, 0.1) is 10.1 Å². The van der Waals surface area contributed by atoms with Gasteiger partial charge in [-0.25, -0.2) is 9.36 Å². The average Bonchev–Trinajstić information content (AvgIpc) is 2.67. The molecule has 0 aliphatic carbocycles. The molecule has 0 spiro atoms. The lowest BCUT2D eigenvalue weighted by molar-refractivity contribution is -0.384. The number of aromatic nitrogens is 2. The van der Waals surface area contributed by atoms with Crippen LogP contribution in [-0.4, -0.2) is 25.3 Å². The third-order valence-corrected chi connectivity index (χ3v) is 3.89. The van der Waals surface area contributed by atoms with Crippen LogP contribution in [0.5, 0.6) is 5.88 Å². The second-order valence-electron chi connectivity index (χ2n) is 5.74. The number of nitrogens with zero attached hydrogens (tertiary/aromatic N) is 3. The fraction of sp³-hybridized carbons (Fsp3) is 0.0556. The van der Waals surface area contributed by atoms with Gasteiger partial charge >= 0.3 is 5.69 Å². The minimum Gasteiger partial charge on any atom is -0.493 e. The van der Waals surface area contributed by atoms with Crippen molar-refractivity contribution in [1.29, 1.82) is 0 Å². The summed E-state index contributed by atoms with van der Waals surface area (Å²) in [5.74, 6) is -0.549. The van der Waals surface area contributed by atoms with Gasteiger partial charge in [0, 0.05) is 12.1 Å². The fourth-order valence-corrected chi connectivity index (χ4v) is 2.53. The van der Waals surface area contributed by atoms with E-state index >= 15 is 0 Å². The van der Waals surface area contributed by atoms with E-state index in [2.05, 4.69) is 15.5 Å². The molecule has 2 aromatic carbocycles. The van der Waals surface area contributed by atoms with Crippen LogP contribution >= 0.6 is 0 Å². The Kier molecular flexibility index (Phi) is 5.03. The molecule has 10 nitrogen and oxygen atoms in total. The summed E-state index contributed by atoms with van der Waals surface area (Å²) in [4.78, 5) is 36.7. The summed E-state index contributed by atoms with van der Waals surface area (Å²) in [5, 5.41) is 25.2. The third-order valence-electron chi connectivity index (χ3n) is 3.89. The van der Waals surface area contributed by atoms with Crippen molar-refractivity contribution in [2.24, 2.45) is 5.10 Å². The SMILES string of the molecule is C/C(=N\Nc1ccc([N+](=O)[O-])cc1)c1c(O)n(-c2ccccc2)c(=O)[nH]c1=O. The number of rotatable bonds is 5. The number of H-pyrrole nitrogens is 1. The van der Waals surface area contributed by atoms with Crippen molar-refractivity contribution in [2.45, 2.75) is 6.92 Å². The van der Waals surface area contributed by atoms with Crippen molar-refractivity contribution in [2.75, 3.05) is 5.43 Å². The topological polar surface area (TPSA) is 143 Å². The highest BCUT2D eigenvalue weighted by Crippen LogP contribution is 2.18. The second kappa shape index (κ2) is 7.58. The molecule has 3 rings (SSSR count). The lowest BCUT2D eigenvalue weighted by Crippen LogP contribution is -2.32. The van der Waals surface area contributed by atoms with Crippen molar-refractivity contribution in [3.05, 3.63) is 91.1 Å². The molecule has 0 saturated carbocycles. The van der Waals surface area contributed by atoms with Gasteiger partial charge in [-0.3, -0.25) is 25.3 Å². The van der Waals surface area contributed by atoms with Crippen LogP contribution in [0.4, 0.5) is 11.4 Å². The molecule has 0 atom stereocenters. The summed E-state index contributed by atoms with van der Waals surface area (Å²) in [6, 6.07) is 13.8. The number of nitro benzene ring substituents is 1. The van der Waals surface area contributed by atoms with Crippen LogP contribution in [0.3, 0.4) is 0 Å². The second-order valence-corrected chi connectivity index (χ2v) is 5.74. The van der Waals surface area contributed by atoms with E-state index in [-0.39, 0.29) is 17.0 Å². The largest absolute Gasteiger partial charge is 0.493 e. The standard InChI is InChI=1S/C18H15N5O5/c1-11(20-21-12-7-9-14(10-8-12)23(27)28)15-16(24)19-18(26)22(17(15)25)13-5-3-2-4-6-13/h2-10,21,25H,1H3,(H,19,24,26)/b20-11+. The van der Waals surface area contributed by atoms with Gasteiger partial charge in [0.1, 0.15) is 5.56 Å². The van der Waals surface area contributed by atoms with E-state index in [4.69, 9.17) is 0 Å². The first-order valence-electron chi connectivity index (χ1n) is 8.07. The Labute approximate surface area is 157 Å². The molecule has 0 amide bonds. The maximum absolute atomic E-state index is 12.2. The molecule has 0 fully saturated rings. The Bertz CT molecular complexity index is 1160. The highest BCUT2D eigenvalue weighted by Gasteiger charge is 2.18. The fourth-order valence-electron chi connectivity index (χ4n) is 2.53. The molecule has 1 heterocycles. The number of nitrogens with one attached hydrogen (secondary N) is 2. The van der Waals surface area contributed by atoms with E-state index in [1.165, 1.54) is 31.2 Å². The number of benzene rings is 2. The smallest absolute Gasteiger partial charge is 0.335 e. The van der Waals surface area contributed by atoms with Crippen molar-refractivity contribution in [1.82, 2.24) is 9.55 Å². The highest BCUT2D eigenvalue weighted by molar-refractivity contribution is 6.00. The number of hydrogen-bond acceptors (Lipinski definition) is 7. The van der Waals surface area contributed by atoms with Gasteiger partial charge in [0.15, 0.2) is 0 Å². The molecule has 28 heavy (non-hydrogen) atoms. The predicted octanol–water partition coefficient (Wildman–Crippen LogP) is 1.98. The van der Waals surface area contributed by atoms with E-state index < -0.39 is 22.1 Å². The van der Waals surface area contributed by atoms with Crippen LogP contribution in [0.15, 0.2) is 69.3 Å². The van der Waals surface area contributed by atoms with Crippen molar-refractivity contribution >= 4 is 17.1 Å². The average molecular weight is 381 g/mol. The summed E-state index contributed by atoms with van der Waals surface area (Å²) < 4.78 is 0.960. The normalized spacial score (nSPS) is 11.2. The zero-order valence-corrected chi connectivity index (χ0v) is 14.6. The summed E-state index contributed by atoms with van der Waals surface area (Å²) in [7, 11) is 0. The molecule has 142 valence electrons. The van der Waals surface area contributed by atoms with Crippen molar-refractivity contribution in [3.63, 3.8) is 0 Å². The Hall–Kier alpha value is -4.21. The summed E-state index contributed by atoms with van der Waals surface area (Å²) >= 11 is 0. The van der Waals surface area contributed by atoms with Crippen molar-refractivity contribution < 1.29 is 10.0 Å². The van der Waals surface area contributed by atoms with Crippen LogP contribution < -0.4 is 16.7 Å². The molecule has 0 aliphatic heterocycles. The Balaban J connectivity index is 1.98. The number of para-hydroxylation sites is 1. The first-order chi connectivity index (χ1) is 13.4. The molecule has 0 radical (unpaired) electrons. The zero-order chi connectivity index (χ0) is 20.3. The first kappa shape index (κ1) is 18.6. The van der Waals surface area contributed by atoms with Gasteiger partial charge in [0.05, 0.1) is 22.0 Å². The maximum Gasteiger partial charge on any atom is 0.335 e. The van der Waals surface area contributed by atoms with Gasteiger partial charge in [0.2, 0.25) is 5.88 Å². The van der Waals surface area contributed by atoms with E-state index in [0.29, 0.717) is 11.4 Å². The minimum atomic E-state index is -0.790. The number of aromatic hydroxyl groups is 1. The minimum absolute atomic E-state index is 0.0738. The Morgan fingerprint density at radius 3 is 2.39 bits per heavy atom. The first-order valence-corrected chi connectivity index (χ1v) is 8.07. The zero-order valence-electron chi connectivity index (χ0n) is 14.6. The van der Waals surface area contributed by atoms with E-state index in [1.807, 2.05) is 0 Å². The number of hydrazone groups is 1. The van der Waals surface area contributed by atoms with Gasteiger partial charge < -0.3 is 5.11 Å². The number of anilines is 1. The monoisotopic (exact) mass is 381 g/mol. The molecular formula is C18H15N5O5. The van der Waals surface area contributed by atoms with Gasteiger partial charge in [-0.2, -0.15) is 5.10 Å². The summed E-state index contributed by atoms with van der Waals surface area (Å²) in [6.07, 6.45) is 0.